The van der Waals surface area contributed by atoms with E-state index in [1.165, 1.54) is 0 Å². The molecule has 1 atom stereocenters. The van der Waals surface area contributed by atoms with Crippen LogP contribution < -0.4 is 5.32 Å². The van der Waals surface area contributed by atoms with Crippen LogP contribution in [0.4, 0.5) is 0 Å². The normalized spacial score (nSPS) is 12.6. The van der Waals surface area contributed by atoms with Crippen LogP contribution in [0.15, 0.2) is 18.2 Å². The van der Waals surface area contributed by atoms with Crippen LogP contribution in [0.1, 0.15) is 18.8 Å². The van der Waals surface area contributed by atoms with Gasteiger partial charge < -0.3 is 14.6 Å². The van der Waals surface area contributed by atoms with Crippen LogP contribution >= 0.6 is 23.2 Å². The molecule has 1 unspecified atom stereocenters. The number of para-hydroxylation sites is 1. The van der Waals surface area contributed by atoms with Crippen molar-refractivity contribution in [3.05, 3.63) is 29.0 Å². The number of nitrogens with one attached hydrogen (secondary N) is 1. The largest absolute Gasteiger partial charge is 0.383 e. The molecule has 1 aromatic carbocycles. The molecule has 0 radical (unpaired) electrons. The van der Waals surface area contributed by atoms with Crippen LogP contribution in [0.5, 0.6) is 0 Å². The van der Waals surface area contributed by atoms with Gasteiger partial charge >= 0.3 is 0 Å². The van der Waals surface area contributed by atoms with E-state index in [1.54, 1.807) is 24.7 Å². The highest BCUT2D eigenvalue weighted by Crippen LogP contribution is 2.28. The van der Waals surface area contributed by atoms with Gasteiger partial charge in [0.05, 0.1) is 28.5 Å². The first-order chi connectivity index (χ1) is 10.1. The maximum Gasteiger partial charge on any atom is 0.242 e. The van der Waals surface area contributed by atoms with Crippen molar-refractivity contribution >= 4 is 40.1 Å². The molecule has 0 bridgehead atoms. The molecule has 0 spiro atoms. The Bertz CT molecular complexity index is 642. The van der Waals surface area contributed by atoms with E-state index in [0.717, 1.165) is 11.0 Å². The fourth-order valence-corrected chi connectivity index (χ4v) is 2.66. The quantitative estimate of drug-likeness (QED) is 0.654. The first-order valence-electron chi connectivity index (χ1n) is 6.58. The molecule has 2 aromatic rings. The van der Waals surface area contributed by atoms with Crippen molar-refractivity contribution in [2.24, 2.45) is 0 Å². The topological polar surface area (TPSA) is 56.1 Å². The SMILES string of the molecule is COCCNC(=O)C(C)n1c(CCl)nc2cccc(Cl)c21. The molecule has 0 aliphatic carbocycles. The molecule has 21 heavy (non-hydrogen) atoms. The van der Waals surface area contributed by atoms with Gasteiger partial charge in [0.2, 0.25) is 5.91 Å². The molecule has 1 heterocycles. The number of ether oxygens (including phenoxy) is 1. The molecular formula is C14H17Cl2N3O2. The van der Waals surface area contributed by atoms with Gasteiger partial charge in [-0.2, -0.15) is 0 Å². The van der Waals surface area contributed by atoms with E-state index in [9.17, 15) is 4.79 Å². The number of aromatic nitrogens is 2. The van der Waals surface area contributed by atoms with Gasteiger partial charge in [-0.1, -0.05) is 17.7 Å². The molecule has 1 amide bonds. The summed E-state index contributed by atoms with van der Waals surface area (Å²) in [4.78, 5) is 16.7. The summed E-state index contributed by atoms with van der Waals surface area (Å²) in [7, 11) is 1.59. The summed E-state index contributed by atoms with van der Waals surface area (Å²) >= 11 is 12.2. The molecule has 0 aliphatic heterocycles. The van der Waals surface area contributed by atoms with Crippen LogP contribution in [0.2, 0.25) is 5.02 Å². The highest BCUT2D eigenvalue weighted by Gasteiger charge is 2.22. The van der Waals surface area contributed by atoms with Gasteiger partial charge in [-0.15, -0.1) is 11.6 Å². The van der Waals surface area contributed by atoms with E-state index in [1.807, 2.05) is 12.1 Å². The fourth-order valence-electron chi connectivity index (χ4n) is 2.21. The van der Waals surface area contributed by atoms with Crippen molar-refractivity contribution < 1.29 is 9.53 Å². The van der Waals surface area contributed by atoms with E-state index in [0.29, 0.717) is 24.0 Å². The van der Waals surface area contributed by atoms with Crippen molar-refractivity contribution in [1.29, 1.82) is 0 Å². The number of benzene rings is 1. The highest BCUT2D eigenvalue weighted by atomic mass is 35.5. The monoisotopic (exact) mass is 329 g/mol. The zero-order valence-corrected chi connectivity index (χ0v) is 13.4. The fraction of sp³-hybridized carbons (Fsp3) is 0.429. The number of rotatable bonds is 6. The van der Waals surface area contributed by atoms with Crippen molar-refractivity contribution in [2.45, 2.75) is 18.8 Å². The van der Waals surface area contributed by atoms with Crippen molar-refractivity contribution in [3.8, 4) is 0 Å². The number of halogens is 2. The smallest absolute Gasteiger partial charge is 0.242 e. The van der Waals surface area contributed by atoms with Gasteiger partial charge in [-0.05, 0) is 19.1 Å². The van der Waals surface area contributed by atoms with Gasteiger partial charge in [0.15, 0.2) is 0 Å². The average molecular weight is 330 g/mol. The zero-order valence-electron chi connectivity index (χ0n) is 11.9. The van der Waals surface area contributed by atoms with Crippen LogP contribution in [-0.2, 0) is 15.4 Å². The van der Waals surface area contributed by atoms with Gasteiger partial charge in [-0.3, -0.25) is 4.79 Å². The second kappa shape index (κ2) is 7.11. The number of hydrogen-bond donors (Lipinski definition) is 1. The van der Waals surface area contributed by atoms with Crippen LogP contribution in [0.3, 0.4) is 0 Å². The minimum absolute atomic E-state index is 0.127. The Morgan fingerprint density at radius 3 is 2.95 bits per heavy atom. The number of hydrogen-bond acceptors (Lipinski definition) is 3. The molecule has 0 saturated carbocycles. The molecule has 114 valence electrons. The molecule has 2 rings (SSSR count). The Morgan fingerprint density at radius 2 is 2.29 bits per heavy atom. The number of amides is 1. The Morgan fingerprint density at radius 1 is 1.52 bits per heavy atom. The first-order valence-corrected chi connectivity index (χ1v) is 7.49. The summed E-state index contributed by atoms with van der Waals surface area (Å²) < 4.78 is 6.71. The molecular weight excluding hydrogens is 313 g/mol. The lowest BCUT2D eigenvalue weighted by Gasteiger charge is -2.17. The third-order valence-electron chi connectivity index (χ3n) is 3.23. The number of fused-ring (bicyclic) bond motifs is 1. The highest BCUT2D eigenvalue weighted by molar-refractivity contribution is 6.35. The zero-order chi connectivity index (χ0) is 15.4. The summed E-state index contributed by atoms with van der Waals surface area (Å²) in [6.45, 7) is 2.71. The minimum atomic E-state index is -0.458. The maximum absolute atomic E-state index is 12.2. The Kier molecular flexibility index (Phi) is 5.45. The van der Waals surface area contributed by atoms with E-state index >= 15 is 0 Å². The third-order valence-corrected chi connectivity index (χ3v) is 3.77. The van der Waals surface area contributed by atoms with E-state index < -0.39 is 6.04 Å². The molecule has 0 fully saturated rings. The Hall–Kier alpha value is -1.30. The van der Waals surface area contributed by atoms with Crippen molar-refractivity contribution in [1.82, 2.24) is 14.9 Å². The van der Waals surface area contributed by atoms with Crippen LogP contribution in [0, 0.1) is 0 Å². The lowest BCUT2D eigenvalue weighted by molar-refractivity contribution is -0.124. The molecule has 0 aliphatic rings. The van der Waals surface area contributed by atoms with Gasteiger partial charge in [0.1, 0.15) is 11.9 Å². The number of nitrogens with zero attached hydrogens (tertiary/aromatic N) is 2. The lowest BCUT2D eigenvalue weighted by atomic mass is 10.2. The number of carbonyl (C=O) groups excluding carboxylic acids is 1. The lowest BCUT2D eigenvalue weighted by Crippen LogP contribution is -2.33. The molecule has 7 heteroatoms. The Balaban J connectivity index is 2.37. The van der Waals surface area contributed by atoms with Crippen molar-refractivity contribution in [3.63, 3.8) is 0 Å². The van der Waals surface area contributed by atoms with Crippen LogP contribution in [-0.4, -0.2) is 35.7 Å². The first kappa shape index (κ1) is 16.1. The molecule has 5 nitrogen and oxygen atoms in total. The molecule has 1 aromatic heterocycles. The van der Waals surface area contributed by atoms with E-state index in [2.05, 4.69) is 10.3 Å². The average Bonchev–Trinajstić information content (AvgIpc) is 2.86. The number of carbonyl (C=O) groups is 1. The summed E-state index contributed by atoms with van der Waals surface area (Å²) in [5, 5.41) is 3.36. The van der Waals surface area contributed by atoms with Gasteiger partial charge in [-0.25, -0.2) is 4.98 Å². The second-order valence-electron chi connectivity index (χ2n) is 4.60. The minimum Gasteiger partial charge on any atom is -0.383 e. The van der Waals surface area contributed by atoms with Gasteiger partial charge in [0, 0.05) is 13.7 Å². The summed E-state index contributed by atoms with van der Waals surface area (Å²) in [6.07, 6.45) is 0. The van der Waals surface area contributed by atoms with Crippen LogP contribution in [0.25, 0.3) is 11.0 Å². The Labute approximate surface area is 133 Å². The maximum atomic E-state index is 12.2. The number of methoxy groups -OCH3 is 1. The van der Waals surface area contributed by atoms with Gasteiger partial charge in [0.25, 0.3) is 0 Å². The standard InChI is InChI=1S/C14H17Cl2N3O2/c1-9(14(20)17-6-7-21-2)19-12(8-15)18-11-5-3-4-10(16)13(11)19/h3-5,9H,6-8H2,1-2H3,(H,17,20). The predicted molar refractivity (Wildman–Crippen MR) is 83.9 cm³/mol. The summed E-state index contributed by atoms with van der Waals surface area (Å²) in [5.74, 6) is 0.701. The predicted octanol–water partition coefficient (Wildman–Crippen LogP) is 2.75. The number of alkyl halides is 1. The summed E-state index contributed by atoms with van der Waals surface area (Å²) in [5.41, 5.74) is 1.46. The molecule has 0 saturated heterocycles. The van der Waals surface area contributed by atoms with E-state index in [-0.39, 0.29) is 11.8 Å². The van der Waals surface area contributed by atoms with Crippen molar-refractivity contribution in [2.75, 3.05) is 20.3 Å². The third kappa shape index (κ3) is 3.31. The number of imidazole rings is 1. The van der Waals surface area contributed by atoms with E-state index in [4.69, 9.17) is 27.9 Å². The molecule has 1 N–H and O–H groups in total. The summed E-state index contributed by atoms with van der Waals surface area (Å²) in [6, 6.07) is 4.99. The second-order valence-corrected chi connectivity index (χ2v) is 5.27.